The van der Waals surface area contributed by atoms with Crippen LogP contribution in [0.4, 0.5) is 0 Å². The van der Waals surface area contributed by atoms with E-state index in [9.17, 15) is 0 Å². The summed E-state index contributed by atoms with van der Waals surface area (Å²) in [5, 5.41) is 4.50. The van der Waals surface area contributed by atoms with Crippen molar-refractivity contribution in [1.82, 2.24) is 5.32 Å². The predicted octanol–water partition coefficient (Wildman–Crippen LogP) is 4.88. The fourth-order valence-corrected chi connectivity index (χ4v) is 2.69. The number of allylic oxidation sites excluding steroid dienone is 1. The highest BCUT2D eigenvalue weighted by Crippen LogP contribution is 2.20. The summed E-state index contributed by atoms with van der Waals surface area (Å²) in [5.74, 6) is 0. The Balaban J connectivity index is 1.97. The molecule has 0 amide bonds. The van der Waals surface area contributed by atoms with E-state index in [1.807, 2.05) is 18.2 Å². The topological polar surface area (TPSA) is 12.0 Å². The van der Waals surface area contributed by atoms with E-state index in [1.165, 1.54) is 37.7 Å². The van der Waals surface area contributed by atoms with Crippen molar-refractivity contribution in [2.45, 2.75) is 51.1 Å². The van der Waals surface area contributed by atoms with Crippen molar-refractivity contribution in [3.05, 3.63) is 47.0 Å². The van der Waals surface area contributed by atoms with Gasteiger partial charge in [0.15, 0.2) is 0 Å². The quantitative estimate of drug-likeness (QED) is 0.767. The maximum Gasteiger partial charge on any atom is 0.0409 e. The molecule has 0 saturated carbocycles. The summed E-state index contributed by atoms with van der Waals surface area (Å²) in [4.78, 5) is 0. The van der Waals surface area contributed by atoms with E-state index in [0.717, 1.165) is 5.02 Å². The van der Waals surface area contributed by atoms with Crippen LogP contribution in [0.5, 0.6) is 0 Å². The van der Waals surface area contributed by atoms with Crippen LogP contribution in [0.3, 0.4) is 0 Å². The molecule has 0 saturated heterocycles. The van der Waals surface area contributed by atoms with Crippen LogP contribution in [-0.4, -0.2) is 6.04 Å². The fraction of sp³-hybridized carbons (Fsp3) is 0.500. The first-order chi connectivity index (χ1) is 8.75. The standard InChI is InChI=1S/C16H22ClN/c1-13(14-8-7-9-15(17)12-14)18-16-10-5-3-2-4-6-11-16/h5,7-10,12-13,16,18H,2-4,6,11H2,1H3/b10-5+/t13-,16?/m1/s1. The monoisotopic (exact) mass is 263 g/mol. The predicted molar refractivity (Wildman–Crippen MR) is 79.0 cm³/mol. The number of nitrogens with one attached hydrogen (secondary N) is 1. The lowest BCUT2D eigenvalue weighted by atomic mass is 10.0. The number of hydrogen-bond donors (Lipinski definition) is 1. The van der Waals surface area contributed by atoms with Gasteiger partial charge in [-0.3, -0.25) is 0 Å². The van der Waals surface area contributed by atoms with Gasteiger partial charge in [0.25, 0.3) is 0 Å². The van der Waals surface area contributed by atoms with Crippen molar-refractivity contribution in [3.63, 3.8) is 0 Å². The first-order valence-corrected chi connectivity index (χ1v) is 7.31. The highest BCUT2D eigenvalue weighted by atomic mass is 35.5. The molecular formula is C16H22ClN. The SMILES string of the molecule is C[C@@H](NC1/C=C/CCCCC1)c1cccc(Cl)c1. The molecule has 0 bridgehead atoms. The molecule has 1 aliphatic rings. The smallest absolute Gasteiger partial charge is 0.0409 e. The lowest BCUT2D eigenvalue weighted by Crippen LogP contribution is -2.30. The van der Waals surface area contributed by atoms with Crippen molar-refractivity contribution in [2.75, 3.05) is 0 Å². The van der Waals surface area contributed by atoms with Gasteiger partial charge in [-0.2, -0.15) is 0 Å². The summed E-state index contributed by atoms with van der Waals surface area (Å²) in [6.45, 7) is 2.21. The molecule has 2 heteroatoms. The summed E-state index contributed by atoms with van der Waals surface area (Å²) < 4.78 is 0. The van der Waals surface area contributed by atoms with Gasteiger partial charge < -0.3 is 5.32 Å². The van der Waals surface area contributed by atoms with Gasteiger partial charge in [-0.05, 0) is 43.9 Å². The summed E-state index contributed by atoms with van der Waals surface area (Å²) >= 11 is 6.04. The molecule has 1 unspecified atom stereocenters. The Hall–Kier alpha value is -0.790. The molecule has 1 N–H and O–H groups in total. The molecule has 0 spiro atoms. The highest BCUT2D eigenvalue weighted by Gasteiger charge is 2.12. The zero-order chi connectivity index (χ0) is 12.8. The minimum Gasteiger partial charge on any atom is -0.304 e. The van der Waals surface area contributed by atoms with E-state index in [1.54, 1.807) is 0 Å². The van der Waals surface area contributed by atoms with Gasteiger partial charge in [0, 0.05) is 17.1 Å². The number of halogens is 1. The third-order valence-electron chi connectivity index (χ3n) is 3.57. The van der Waals surface area contributed by atoms with Crippen molar-refractivity contribution >= 4 is 11.6 Å². The molecule has 1 nitrogen and oxygen atoms in total. The molecule has 0 aliphatic heterocycles. The van der Waals surface area contributed by atoms with Crippen LogP contribution in [-0.2, 0) is 0 Å². The first kappa shape index (κ1) is 13.6. The van der Waals surface area contributed by atoms with Gasteiger partial charge in [0.1, 0.15) is 0 Å². The minimum atomic E-state index is 0.345. The van der Waals surface area contributed by atoms with Crippen LogP contribution in [0.1, 0.15) is 50.6 Å². The molecule has 2 atom stereocenters. The average Bonchev–Trinajstić information content (AvgIpc) is 2.32. The lowest BCUT2D eigenvalue weighted by molar-refractivity contribution is 0.462. The average molecular weight is 264 g/mol. The van der Waals surface area contributed by atoms with Gasteiger partial charge in [-0.1, -0.05) is 48.7 Å². The summed E-state index contributed by atoms with van der Waals surface area (Å²) in [6.07, 6.45) is 11.1. The molecule has 18 heavy (non-hydrogen) atoms. The zero-order valence-electron chi connectivity index (χ0n) is 11.0. The Labute approximate surface area is 115 Å². The fourth-order valence-electron chi connectivity index (χ4n) is 2.49. The first-order valence-electron chi connectivity index (χ1n) is 6.94. The Bertz CT molecular complexity index is 400. The Morgan fingerprint density at radius 1 is 1.28 bits per heavy atom. The molecule has 1 aromatic rings. The molecule has 0 fully saturated rings. The van der Waals surface area contributed by atoms with Gasteiger partial charge in [-0.25, -0.2) is 0 Å². The second-order valence-corrected chi connectivity index (χ2v) is 5.55. The van der Waals surface area contributed by atoms with Gasteiger partial charge in [-0.15, -0.1) is 0 Å². The van der Waals surface area contributed by atoms with Gasteiger partial charge >= 0.3 is 0 Å². The van der Waals surface area contributed by atoms with E-state index in [0.29, 0.717) is 12.1 Å². The maximum atomic E-state index is 6.04. The largest absolute Gasteiger partial charge is 0.304 e. The second-order valence-electron chi connectivity index (χ2n) is 5.12. The number of benzene rings is 1. The third kappa shape index (κ3) is 4.15. The summed E-state index contributed by atoms with van der Waals surface area (Å²) in [7, 11) is 0. The number of rotatable bonds is 3. The Morgan fingerprint density at radius 3 is 3.00 bits per heavy atom. The van der Waals surface area contributed by atoms with Crippen LogP contribution in [0, 0.1) is 0 Å². The van der Waals surface area contributed by atoms with E-state index in [-0.39, 0.29) is 0 Å². The van der Waals surface area contributed by atoms with E-state index < -0.39 is 0 Å². The molecule has 0 heterocycles. The summed E-state index contributed by atoms with van der Waals surface area (Å²) in [5.41, 5.74) is 1.26. The van der Waals surface area contributed by atoms with Crippen LogP contribution in [0.25, 0.3) is 0 Å². The molecule has 98 valence electrons. The molecule has 0 aromatic heterocycles. The van der Waals surface area contributed by atoms with Crippen LogP contribution in [0.15, 0.2) is 36.4 Å². The second kappa shape index (κ2) is 6.96. The van der Waals surface area contributed by atoms with Crippen molar-refractivity contribution in [1.29, 1.82) is 0 Å². The van der Waals surface area contributed by atoms with Crippen molar-refractivity contribution in [3.8, 4) is 0 Å². The van der Waals surface area contributed by atoms with Crippen molar-refractivity contribution in [2.24, 2.45) is 0 Å². The normalized spacial score (nSPS) is 24.0. The van der Waals surface area contributed by atoms with Crippen molar-refractivity contribution < 1.29 is 0 Å². The van der Waals surface area contributed by atoms with Gasteiger partial charge in [0.2, 0.25) is 0 Å². The Kier molecular flexibility index (Phi) is 5.27. The molecule has 1 aliphatic carbocycles. The van der Waals surface area contributed by atoms with E-state index in [2.05, 4.69) is 30.5 Å². The lowest BCUT2D eigenvalue weighted by Gasteiger charge is -2.22. The third-order valence-corrected chi connectivity index (χ3v) is 3.80. The van der Waals surface area contributed by atoms with Crippen LogP contribution in [0.2, 0.25) is 5.02 Å². The molecule has 1 aromatic carbocycles. The molecule has 0 radical (unpaired) electrons. The zero-order valence-corrected chi connectivity index (χ0v) is 11.8. The molecular weight excluding hydrogens is 242 g/mol. The maximum absolute atomic E-state index is 6.04. The Morgan fingerprint density at radius 2 is 2.17 bits per heavy atom. The van der Waals surface area contributed by atoms with E-state index in [4.69, 9.17) is 11.6 Å². The van der Waals surface area contributed by atoms with Gasteiger partial charge in [0.05, 0.1) is 0 Å². The van der Waals surface area contributed by atoms with Crippen LogP contribution >= 0.6 is 11.6 Å². The number of hydrogen-bond acceptors (Lipinski definition) is 1. The summed E-state index contributed by atoms with van der Waals surface area (Å²) in [6, 6.07) is 8.97. The molecule has 2 rings (SSSR count). The minimum absolute atomic E-state index is 0.345. The highest BCUT2D eigenvalue weighted by molar-refractivity contribution is 6.30. The van der Waals surface area contributed by atoms with Crippen LogP contribution < -0.4 is 5.32 Å². The van der Waals surface area contributed by atoms with E-state index >= 15 is 0 Å².